The minimum atomic E-state index is -0.434. The van der Waals surface area contributed by atoms with Crippen molar-refractivity contribution in [3.8, 4) is 11.4 Å². The van der Waals surface area contributed by atoms with E-state index in [-0.39, 0.29) is 5.91 Å². The highest BCUT2D eigenvalue weighted by molar-refractivity contribution is 5.80. The van der Waals surface area contributed by atoms with Crippen LogP contribution in [0, 0.1) is 5.92 Å². The second kappa shape index (κ2) is 7.53. The highest BCUT2D eigenvalue weighted by Crippen LogP contribution is 2.28. The molecule has 2 fully saturated rings. The van der Waals surface area contributed by atoms with Gasteiger partial charge in [0.05, 0.1) is 0 Å². The van der Waals surface area contributed by atoms with Crippen LogP contribution in [0.25, 0.3) is 11.4 Å². The van der Waals surface area contributed by atoms with Gasteiger partial charge in [-0.3, -0.25) is 4.79 Å². The molecule has 1 N–H and O–H groups in total. The Balaban J connectivity index is 1.32. The summed E-state index contributed by atoms with van der Waals surface area (Å²) in [5.74, 6) is 1.52. The number of nitrogens with zero attached hydrogens (tertiary/aromatic N) is 5. The Bertz CT molecular complexity index is 733. The zero-order valence-electron chi connectivity index (χ0n) is 15.2. The first-order valence-electron chi connectivity index (χ1n) is 9.58. The minimum absolute atomic E-state index is 0.0719. The van der Waals surface area contributed by atoms with Crippen molar-refractivity contribution in [2.45, 2.75) is 44.7 Å². The van der Waals surface area contributed by atoms with Gasteiger partial charge in [-0.25, -0.2) is 0 Å². The first kappa shape index (κ1) is 17.1. The minimum Gasteiger partial charge on any atom is -0.341 e. The van der Waals surface area contributed by atoms with Crippen LogP contribution in [0.4, 0.5) is 0 Å². The van der Waals surface area contributed by atoms with Crippen LogP contribution >= 0.6 is 0 Å². The third-order valence-corrected chi connectivity index (χ3v) is 5.36. The molecule has 26 heavy (non-hydrogen) atoms. The van der Waals surface area contributed by atoms with Crippen molar-refractivity contribution in [1.29, 1.82) is 0 Å². The van der Waals surface area contributed by atoms with Gasteiger partial charge in [-0.05, 0) is 50.3 Å². The molecule has 0 radical (unpaired) electrons. The number of hydrogen-bond acceptors (Lipinski definition) is 5. The summed E-state index contributed by atoms with van der Waals surface area (Å²) in [7, 11) is 0. The van der Waals surface area contributed by atoms with E-state index in [4.69, 9.17) is 0 Å². The third kappa shape index (κ3) is 3.93. The van der Waals surface area contributed by atoms with Gasteiger partial charge in [0.15, 0.2) is 0 Å². The summed E-state index contributed by atoms with van der Waals surface area (Å²) in [4.78, 5) is 16.2. The van der Waals surface area contributed by atoms with Crippen LogP contribution in [-0.2, 0) is 4.79 Å². The van der Waals surface area contributed by atoms with Gasteiger partial charge in [0.1, 0.15) is 6.04 Å². The summed E-state index contributed by atoms with van der Waals surface area (Å²) in [5, 5.41) is 16.2. The lowest BCUT2D eigenvalue weighted by atomic mass is 10.0. The molecule has 1 aliphatic heterocycles. The molecule has 1 aliphatic carbocycles. The Morgan fingerprint density at radius 3 is 2.62 bits per heavy atom. The fourth-order valence-corrected chi connectivity index (χ4v) is 3.41. The number of carbonyl (C=O) groups excluding carboxylic acids is 1. The maximum absolute atomic E-state index is 12.8. The SMILES string of the molecule is CC(C(=O)N1CCC(NCC2CC2)CC1)n1nnc(-c2ccccc2)n1. The van der Waals surface area contributed by atoms with Crippen LogP contribution in [0.15, 0.2) is 30.3 Å². The molecule has 1 unspecified atom stereocenters. The second-order valence-corrected chi connectivity index (χ2v) is 7.43. The number of tetrazole rings is 1. The quantitative estimate of drug-likeness (QED) is 0.857. The van der Waals surface area contributed by atoms with Crippen molar-refractivity contribution in [3.63, 3.8) is 0 Å². The van der Waals surface area contributed by atoms with Crippen LogP contribution in [0.5, 0.6) is 0 Å². The molecular formula is C19H26N6O. The van der Waals surface area contributed by atoms with E-state index < -0.39 is 6.04 Å². The van der Waals surface area contributed by atoms with Crippen molar-refractivity contribution in [3.05, 3.63) is 30.3 Å². The lowest BCUT2D eigenvalue weighted by Crippen LogP contribution is -2.47. The Hall–Kier alpha value is -2.28. The van der Waals surface area contributed by atoms with E-state index >= 15 is 0 Å². The molecule has 7 heteroatoms. The van der Waals surface area contributed by atoms with Crippen LogP contribution in [0.3, 0.4) is 0 Å². The summed E-state index contributed by atoms with van der Waals surface area (Å²) in [5.41, 5.74) is 0.904. The van der Waals surface area contributed by atoms with Crippen LogP contribution in [-0.4, -0.2) is 56.7 Å². The van der Waals surface area contributed by atoms with Crippen molar-refractivity contribution >= 4 is 5.91 Å². The Labute approximate surface area is 153 Å². The topological polar surface area (TPSA) is 75.9 Å². The van der Waals surface area contributed by atoms with E-state index in [9.17, 15) is 4.79 Å². The molecule has 1 saturated carbocycles. The van der Waals surface area contributed by atoms with E-state index in [0.717, 1.165) is 44.0 Å². The molecular weight excluding hydrogens is 328 g/mol. The molecule has 2 aliphatic rings. The molecule has 4 rings (SSSR count). The van der Waals surface area contributed by atoms with Gasteiger partial charge in [0, 0.05) is 24.7 Å². The van der Waals surface area contributed by atoms with Gasteiger partial charge < -0.3 is 10.2 Å². The normalized spacial score (nSPS) is 19.5. The highest BCUT2D eigenvalue weighted by atomic mass is 16.2. The molecule has 2 heterocycles. The third-order valence-electron chi connectivity index (χ3n) is 5.36. The van der Waals surface area contributed by atoms with Crippen molar-refractivity contribution in [2.24, 2.45) is 5.92 Å². The number of hydrogen-bond donors (Lipinski definition) is 1. The number of rotatable bonds is 6. The number of carbonyl (C=O) groups is 1. The molecule has 1 amide bonds. The van der Waals surface area contributed by atoms with Crippen LogP contribution in [0.1, 0.15) is 38.6 Å². The predicted molar refractivity (Wildman–Crippen MR) is 98.3 cm³/mol. The van der Waals surface area contributed by atoms with E-state index in [1.165, 1.54) is 17.6 Å². The van der Waals surface area contributed by atoms with E-state index in [2.05, 4.69) is 20.7 Å². The van der Waals surface area contributed by atoms with Gasteiger partial charge in [0.25, 0.3) is 0 Å². The summed E-state index contributed by atoms with van der Waals surface area (Å²) in [6.45, 7) is 4.58. The van der Waals surface area contributed by atoms with E-state index in [1.54, 1.807) is 0 Å². The molecule has 1 atom stereocenters. The predicted octanol–water partition coefficient (Wildman–Crippen LogP) is 1.89. The number of amides is 1. The average Bonchev–Trinajstić information content (AvgIpc) is 3.40. The number of likely N-dealkylation sites (tertiary alicyclic amines) is 1. The fourth-order valence-electron chi connectivity index (χ4n) is 3.41. The number of benzene rings is 1. The fraction of sp³-hybridized carbons (Fsp3) is 0.579. The van der Waals surface area contributed by atoms with Crippen LogP contribution in [0.2, 0.25) is 0 Å². The highest BCUT2D eigenvalue weighted by Gasteiger charge is 2.29. The van der Waals surface area contributed by atoms with Gasteiger partial charge in [-0.15, -0.1) is 10.2 Å². The molecule has 2 aromatic rings. The van der Waals surface area contributed by atoms with Crippen molar-refractivity contribution in [2.75, 3.05) is 19.6 Å². The first-order chi connectivity index (χ1) is 12.7. The maximum Gasteiger partial charge on any atom is 0.249 e. The Kier molecular flexibility index (Phi) is 4.97. The van der Waals surface area contributed by atoms with Gasteiger partial charge >= 0.3 is 0 Å². The van der Waals surface area contributed by atoms with E-state index in [0.29, 0.717) is 11.9 Å². The molecule has 0 bridgehead atoms. The van der Waals surface area contributed by atoms with Crippen molar-refractivity contribution < 1.29 is 4.79 Å². The van der Waals surface area contributed by atoms with Crippen molar-refractivity contribution in [1.82, 2.24) is 30.4 Å². The molecule has 138 valence electrons. The monoisotopic (exact) mass is 354 g/mol. The van der Waals surface area contributed by atoms with Gasteiger partial charge in [-0.1, -0.05) is 30.3 Å². The average molecular weight is 354 g/mol. The Morgan fingerprint density at radius 2 is 1.92 bits per heavy atom. The first-order valence-corrected chi connectivity index (χ1v) is 9.58. The Morgan fingerprint density at radius 1 is 1.19 bits per heavy atom. The lowest BCUT2D eigenvalue weighted by molar-refractivity contribution is -0.136. The zero-order chi connectivity index (χ0) is 17.9. The standard InChI is InChI=1S/C19H26N6O/c1-14(25-22-18(21-23-25)16-5-3-2-4-6-16)19(26)24-11-9-17(10-12-24)20-13-15-7-8-15/h2-6,14-15,17,20H,7-13H2,1H3. The number of nitrogens with one attached hydrogen (secondary N) is 1. The van der Waals surface area contributed by atoms with E-state index in [1.807, 2.05) is 42.2 Å². The number of aromatic nitrogens is 4. The molecule has 0 spiro atoms. The second-order valence-electron chi connectivity index (χ2n) is 7.43. The van der Waals surface area contributed by atoms with Crippen LogP contribution < -0.4 is 5.32 Å². The summed E-state index contributed by atoms with van der Waals surface area (Å²) >= 11 is 0. The lowest BCUT2D eigenvalue weighted by Gasteiger charge is -2.33. The van der Waals surface area contributed by atoms with Gasteiger partial charge in [-0.2, -0.15) is 4.80 Å². The maximum atomic E-state index is 12.8. The summed E-state index contributed by atoms with van der Waals surface area (Å²) in [6, 6.07) is 9.81. The molecule has 1 aromatic carbocycles. The smallest absolute Gasteiger partial charge is 0.249 e. The molecule has 1 saturated heterocycles. The summed E-state index contributed by atoms with van der Waals surface area (Å²) in [6.07, 6.45) is 4.78. The largest absolute Gasteiger partial charge is 0.341 e. The molecule has 7 nitrogen and oxygen atoms in total. The number of piperidine rings is 1. The summed E-state index contributed by atoms with van der Waals surface area (Å²) < 4.78 is 0. The zero-order valence-corrected chi connectivity index (χ0v) is 15.2. The molecule has 1 aromatic heterocycles. The van der Waals surface area contributed by atoms with Gasteiger partial charge in [0.2, 0.25) is 11.7 Å².